The smallest absolute Gasteiger partial charge is 0.254 e. The maximum atomic E-state index is 11.9. The van der Waals surface area contributed by atoms with Gasteiger partial charge in [-0.2, -0.15) is 0 Å². The highest BCUT2D eigenvalue weighted by molar-refractivity contribution is 9.10. The summed E-state index contributed by atoms with van der Waals surface area (Å²) in [5, 5.41) is 9.07. The van der Waals surface area contributed by atoms with Crippen LogP contribution in [0.5, 0.6) is 0 Å². The van der Waals surface area contributed by atoms with Crippen LogP contribution < -0.4 is 0 Å². The maximum Gasteiger partial charge on any atom is 0.254 e. The van der Waals surface area contributed by atoms with Crippen molar-refractivity contribution >= 4 is 33.4 Å². The van der Waals surface area contributed by atoms with Crippen LogP contribution >= 0.6 is 27.5 Å². The third kappa shape index (κ3) is 2.41. The lowest BCUT2D eigenvalue weighted by Gasteiger charge is -2.29. The second-order valence-electron chi connectivity index (χ2n) is 3.54. The van der Waals surface area contributed by atoms with Crippen LogP contribution in [0.4, 0.5) is 0 Å². The van der Waals surface area contributed by atoms with Gasteiger partial charge in [-0.3, -0.25) is 4.79 Å². The predicted molar refractivity (Wildman–Crippen MR) is 59.6 cm³/mol. The van der Waals surface area contributed by atoms with E-state index in [4.69, 9.17) is 16.7 Å². The number of aliphatic hydroxyl groups is 1. The van der Waals surface area contributed by atoms with Crippen molar-refractivity contribution in [1.82, 2.24) is 4.90 Å². The first-order valence-electron chi connectivity index (χ1n) is 4.82. The normalized spacial score (nSPS) is 26.3. The largest absolute Gasteiger partial charge is 0.394 e. The molecule has 1 aliphatic heterocycles. The van der Waals surface area contributed by atoms with Crippen LogP contribution in [-0.2, 0) is 4.79 Å². The number of carbonyl (C=O) groups is 1. The van der Waals surface area contributed by atoms with Gasteiger partial charge < -0.3 is 10.0 Å². The lowest BCUT2D eigenvalue weighted by atomic mass is 10.2. The summed E-state index contributed by atoms with van der Waals surface area (Å²) in [6.07, 6.45) is 2.34. The first kappa shape index (κ1) is 12.3. The quantitative estimate of drug-likeness (QED) is 0.802. The molecule has 1 amide bonds. The molecule has 14 heavy (non-hydrogen) atoms. The van der Waals surface area contributed by atoms with E-state index in [1.165, 1.54) is 0 Å². The second kappa shape index (κ2) is 4.81. The minimum Gasteiger partial charge on any atom is -0.394 e. The number of rotatable bonds is 3. The molecule has 1 rings (SSSR count). The minimum atomic E-state index is -0.995. The number of hydrogen-bond acceptors (Lipinski definition) is 2. The van der Waals surface area contributed by atoms with Crippen LogP contribution in [0.2, 0.25) is 0 Å². The Kier molecular flexibility index (Phi) is 4.22. The highest BCUT2D eigenvalue weighted by Gasteiger charge is 2.39. The fourth-order valence-corrected chi connectivity index (χ4v) is 1.99. The molecule has 5 heteroatoms. The van der Waals surface area contributed by atoms with Crippen molar-refractivity contribution in [2.24, 2.45) is 0 Å². The SMILES string of the molecule is CCC(Cl)(Br)C(=O)N1CCC[C@H]1CO. The molecule has 0 aromatic carbocycles. The van der Waals surface area contributed by atoms with Crippen LogP contribution in [0.15, 0.2) is 0 Å². The van der Waals surface area contributed by atoms with E-state index in [-0.39, 0.29) is 18.6 Å². The molecule has 0 saturated carbocycles. The second-order valence-corrected chi connectivity index (χ2v) is 5.99. The van der Waals surface area contributed by atoms with E-state index in [9.17, 15) is 4.79 Å². The van der Waals surface area contributed by atoms with E-state index in [1.54, 1.807) is 4.90 Å². The van der Waals surface area contributed by atoms with Crippen molar-refractivity contribution in [2.75, 3.05) is 13.2 Å². The van der Waals surface area contributed by atoms with Gasteiger partial charge in [-0.25, -0.2) is 0 Å². The first-order valence-corrected chi connectivity index (χ1v) is 5.99. The average molecular weight is 285 g/mol. The Hall–Kier alpha value is 0.200. The van der Waals surface area contributed by atoms with Crippen molar-refractivity contribution < 1.29 is 9.90 Å². The highest BCUT2D eigenvalue weighted by atomic mass is 79.9. The van der Waals surface area contributed by atoms with Crippen LogP contribution in [0.3, 0.4) is 0 Å². The molecule has 1 unspecified atom stereocenters. The van der Waals surface area contributed by atoms with Gasteiger partial charge in [-0.1, -0.05) is 34.5 Å². The monoisotopic (exact) mass is 283 g/mol. The molecular formula is C9H15BrClNO2. The number of likely N-dealkylation sites (tertiary alicyclic amines) is 1. The van der Waals surface area contributed by atoms with Crippen LogP contribution in [0.25, 0.3) is 0 Å². The summed E-state index contributed by atoms with van der Waals surface area (Å²) >= 11 is 9.22. The molecule has 0 bridgehead atoms. The van der Waals surface area contributed by atoms with E-state index in [0.717, 1.165) is 12.8 Å². The molecule has 0 aliphatic carbocycles. The summed E-state index contributed by atoms with van der Waals surface area (Å²) in [4.78, 5) is 13.6. The molecule has 1 aliphatic rings. The Labute approximate surface area is 97.5 Å². The molecule has 2 atom stereocenters. The third-order valence-corrected chi connectivity index (χ3v) is 3.93. The molecule has 1 saturated heterocycles. The molecule has 3 nitrogen and oxygen atoms in total. The Bertz CT molecular complexity index is 223. The number of amides is 1. The topological polar surface area (TPSA) is 40.5 Å². The van der Waals surface area contributed by atoms with Crippen molar-refractivity contribution in [3.05, 3.63) is 0 Å². The highest BCUT2D eigenvalue weighted by Crippen LogP contribution is 2.32. The van der Waals surface area contributed by atoms with Gasteiger partial charge in [-0.15, -0.1) is 0 Å². The molecule has 0 aromatic heterocycles. The fraction of sp³-hybridized carbons (Fsp3) is 0.889. The van der Waals surface area contributed by atoms with Gasteiger partial charge in [-0.05, 0) is 19.3 Å². The lowest BCUT2D eigenvalue weighted by Crippen LogP contribution is -2.45. The predicted octanol–water partition coefficient (Wildman–Crippen LogP) is 1.71. The van der Waals surface area contributed by atoms with Gasteiger partial charge >= 0.3 is 0 Å². The Balaban J connectivity index is 2.69. The van der Waals surface area contributed by atoms with Gasteiger partial charge in [0, 0.05) is 6.54 Å². The van der Waals surface area contributed by atoms with Gasteiger partial charge in [0.15, 0.2) is 3.78 Å². The van der Waals surface area contributed by atoms with E-state index in [2.05, 4.69) is 15.9 Å². The Morgan fingerprint density at radius 3 is 2.93 bits per heavy atom. The van der Waals surface area contributed by atoms with Crippen molar-refractivity contribution in [3.8, 4) is 0 Å². The number of nitrogens with zero attached hydrogens (tertiary/aromatic N) is 1. The first-order chi connectivity index (χ1) is 6.53. The number of carbonyl (C=O) groups excluding carboxylic acids is 1. The van der Waals surface area contributed by atoms with Gasteiger partial charge in [0.1, 0.15) is 0 Å². The van der Waals surface area contributed by atoms with E-state index in [1.807, 2.05) is 6.92 Å². The lowest BCUT2D eigenvalue weighted by molar-refractivity contribution is -0.133. The zero-order valence-corrected chi connectivity index (χ0v) is 10.5. The third-order valence-electron chi connectivity index (χ3n) is 2.61. The summed E-state index contributed by atoms with van der Waals surface area (Å²) in [5.41, 5.74) is 0. The van der Waals surface area contributed by atoms with E-state index in [0.29, 0.717) is 13.0 Å². The number of hydrogen-bond donors (Lipinski definition) is 1. The Morgan fingerprint density at radius 2 is 2.43 bits per heavy atom. The average Bonchev–Trinajstić information content (AvgIpc) is 2.64. The van der Waals surface area contributed by atoms with Crippen molar-refractivity contribution in [2.45, 2.75) is 36.0 Å². The Morgan fingerprint density at radius 1 is 1.79 bits per heavy atom. The van der Waals surface area contributed by atoms with Gasteiger partial charge in [0.25, 0.3) is 5.91 Å². The molecule has 1 fully saturated rings. The molecule has 0 aromatic rings. The fourth-order valence-electron chi connectivity index (χ4n) is 1.65. The van der Waals surface area contributed by atoms with Crippen molar-refractivity contribution in [1.29, 1.82) is 0 Å². The summed E-state index contributed by atoms with van der Waals surface area (Å²) in [5.74, 6) is -0.127. The molecule has 1 N–H and O–H groups in total. The molecule has 0 spiro atoms. The van der Waals surface area contributed by atoms with Crippen LogP contribution in [0, 0.1) is 0 Å². The van der Waals surface area contributed by atoms with Crippen LogP contribution in [-0.4, -0.2) is 38.9 Å². The zero-order valence-electron chi connectivity index (χ0n) is 8.17. The summed E-state index contributed by atoms with van der Waals surface area (Å²) in [6.45, 7) is 2.57. The van der Waals surface area contributed by atoms with E-state index < -0.39 is 3.78 Å². The zero-order chi connectivity index (χ0) is 10.8. The maximum absolute atomic E-state index is 11.9. The molecule has 1 heterocycles. The van der Waals surface area contributed by atoms with Gasteiger partial charge in [0.2, 0.25) is 0 Å². The number of alkyl halides is 2. The minimum absolute atomic E-state index is 0.0232. The van der Waals surface area contributed by atoms with Gasteiger partial charge in [0.05, 0.1) is 12.6 Å². The summed E-state index contributed by atoms with van der Waals surface area (Å²) in [6, 6.07) is -0.0512. The molecular weight excluding hydrogens is 269 g/mol. The van der Waals surface area contributed by atoms with E-state index >= 15 is 0 Å². The summed E-state index contributed by atoms with van der Waals surface area (Å²) < 4.78 is -0.995. The summed E-state index contributed by atoms with van der Waals surface area (Å²) in [7, 11) is 0. The van der Waals surface area contributed by atoms with Crippen molar-refractivity contribution in [3.63, 3.8) is 0 Å². The van der Waals surface area contributed by atoms with Crippen LogP contribution in [0.1, 0.15) is 26.2 Å². The number of aliphatic hydroxyl groups excluding tert-OH is 1. The molecule has 0 radical (unpaired) electrons. The molecule has 82 valence electrons. The number of halogens is 2. The standard InChI is InChI=1S/C9H15BrClNO2/c1-2-9(10,11)8(14)12-5-3-4-7(12)6-13/h7,13H,2-6H2,1H3/t7-,9?/m0/s1.